The van der Waals surface area contributed by atoms with Gasteiger partial charge in [0.25, 0.3) is 0 Å². The minimum absolute atomic E-state index is 0.0486. The molecule has 0 radical (unpaired) electrons. The molecule has 0 unspecified atom stereocenters. The van der Waals surface area contributed by atoms with E-state index in [1.54, 1.807) is 12.1 Å². The second kappa shape index (κ2) is 8.81. The molecule has 0 bridgehead atoms. The molecule has 3 aromatic carbocycles. The summed E-state index contributed by atoms with van der Waals surface area (Å²) in [6.45, 7) is 0. The van der Waals surface area contributed by atoms with E-state index in [0.29, 0.717) is 26.5 Å². The largest absolute Gasteiger partial charge is 0.376 e. The van der Waals surface area contributed by atoms with Crippen molar-refractivity contribution < 1.29 is 0 Å². The van der Waals surface area contributed by atoms with Gasteiger partial charge >= 0.3 is 0 Å². The Morgan fingerprint density at radius 3 is 2.31 bits per heavy atom. The summed E-state index contributed by atoms with van der Waals surface area (Å²) in [5, 5.41) is 6.00. The van der Waals surface area contributed by atoms with Crippen molar-refractivity contribution in [3.8, 4) is 0 Å². The average Bonchev–Trinajstić information content (AvgIpc) is 2.86. The molecule has 146 valence electrons. The van der Waals surface area contributed by atoms with Crippen LogP contribution in [-0.2, 0) is 0 Å². The zero-order valence-electron chi connectivity index (χ0n) is 15.2. The Bertz CT molecular complexity index is 1120. The number of benzene rings is 3. The summed E-state index contributed by atoms with van der Waals surface area (Å²) in [7, 11) is 0. The highest BCUT2D eigenvalue weighted by atomic mass is 35.5. The molecular formula is C23H16Cl4N2. The minimum Gasteiger partial charge on any atom is -0.376 e. The summed E-state index contributed by atoms with van der Waals surface area (Å²) in [6, 6.07) is 18.9. The number of para-hydroxylation sites is 2. The van der Waals surface area contributed by atoms with Gasteiger partial charge in [-0.1, -0.05) is 76.7 Å². The fourth-order valence-electron chi connectivity index (χ4n) is 3.24. The molecule has 1 heterocycles. The first-order valence-electron chi connectivity index (χ1n) is 9.01. The molecule has 2 nitrogen and oxygen atoms in total. The molecule has 0 aromatic heterocycles. The predicted octanol–water partition coefficient (Wildman–Crippen LogP) is 8.64. The molecule has 0 aliphatic carbocycles. The van der Waals surface area contributed by atoms with Crippen molar-refractivity contribution in [1.82, 2.24) is 0 Å². The number of nitrogens with zero attached hydrogens (tertiary/aromatic N) is 1. The van der Waals surface area contributed by atoms with Crippen LogP contribution in [0.25, 0.3) is 6.08 Å². The first-order valence-corrected chi connectivity index (χ1v) is 10.5. The van der Waals surface area contributed by atoms with Gasteiger partial charge in [0.1, 0.15) is 0 Å². The van der Waals surface area contributed by atoms with E-state index < -0.39 is 0 Å². The topological polar surface area (TPSA) is 24.4 Å². The first-order chi connectivity index (χ1) is 14.0. The highest BCUT2D eigenvalue weighted by molar-refractivity contribution is 6.36. The second-order valence-electron chi connectivity index (χ2n) is 6.69. The minimum atomic E-state index is -0.0486. The highest BCUT2D eigenvalue weighted by Crippen LogP contribution is 2.37. The lowest BCUT2D eigenvalue weighted by Gasteiger charge is -2.20. The number of halogens is 4. The van der Waals surface area contributed by atoms with Gasteiger partial charge in [-0.15, -0.1) is 0 Å². The molecule has 0 saturated carbocycles. The Labute approximate surface area is 189 Å². The first kappa shape index (κ1) is 20.3. The SMILES string of the molecule is Clc1ccc(/C=C/C2=Nc3ccccc3N[C@@H](c3ccc(Cl)cc3Cl)C2)c(Cl)c1. The van der Waals surface area contributed by atoms with Gasteiger partial charge in [0.05, 0.1) is 17.4 Å². The van der Waals surface area contributed by atoms with Crippen LogP contribution in [0.2, 0.25) is 20.1 Å². The molecule has 1 aliphatic heterocycles. The fourth-order valence-corrected chi connectivity index (χ4v) is 4.25. The summed E-state index contributed by atoms with van der Waals surface area (Å²) < 4.78 is 0. The molecule has 1 N–H and O–H groups in total. The Hall–Kier alpha value is -1.97. The average molecular weight is 462 g/mol. The maximum absolute atomic E-state index is 6.49. The molecule has 1 atom stereocenters. The van der Waals surface area contributed by atoms with E-state index in [9.17, 15) is 0 Å². The molecule has 4 rings (SSSR count). The number of hydrogen-bond donors (Lipinski definition) is 1. The van der Waals surface area contributed by atoms with E-state index >= 15 is 0 Å². The van der Waals surface area contributed by atoms with E-state index in [4.69, 9.17) is 51.4 Å². The lowest BCUT2D eigenvalue weighted by Crippen LogP contribution is -2.13. The number of rotatable bonds is 3. The molecule has 29 heavy (non-hydrogen) atoms. The van der Waals surface area contributed by atoms with Crippen LogP contribution in [0.4, 0.5) is 11.4 Å². The van der Waals surface area contributed by atoms with Gasteiger partial charge in [-0.25, -0.2) is 0 Å². The van der Waals surface area contributed by atoms with Gasteiger partial charge < -0.3 is 5.32 Å². The van der Waals surface area contributed by atoms with Crippen LogP contribution in [-0.4, -0.2) is 5.71 Å². The van der Waals surface area contributed by atoms with Crippen LogP contribution in [0.3, 0.4) is 0 Å². The standard InChI is InChI=1S/C23H16Cl4N2/c24-15-7-5-14(19(26)11-15)6-9-17-13-23(18-10-8-16(25)12-20(18)27)29-22-4-2-1-3-21(22)28-17/h1-12,23,29H,13H2/b9-6+/t23-/m1/s1. The third kappa shape index (κ3) is 4.79. The maximum atomic E-state index is 6.49. The molecule has 0 spiro atoms. The highest BCUT2D eigenvalue weighted by Gasteiger charge is 2.21. The normalized spacial score (nSPS) is 16.1. The van der Waals surface area contributed by atoms with Crippen LogP contribution in [0, 0.1) is 0 Å². The van der Waals surface area contributed by atoms with Crippen molar-refractivity contribution in [2.75, 3.05) is 5.32 Å². The lowest BCUT2D eigenvalue weighted by atomic mass is 10.00. The summed E-state index contributed by atoms with van der Waals surface area (Å²) in [6.07, 6.45) is 4.58. The third-order valence-electron chi connectivity index (χ3n) is 4.67. The molecular weight excluding hydrogens is 446 g/mol. The number of allylic oxidation sites excluding steroid dienone is 1. The maximum Gasteiger partial charge on any atom is 0.0864 e. The predicted molar refractivity (Wildman–Crippen MR) is 126 cm³/mol. The van der Waals surface area contributed by atoms with Gasteiger partial charge in [-0.2, -0.15) is 0 Å². The van der Waals surface area contributed by atoms with E-state index in [1.807, 2.05) is 60.7 Å². The van der Waals surface area contributed by atoms with Crippen LogP contribution in [0.1, 0.15) is 23.6 Å². The second-order valence-corrected chi connectivity index (χ2v) is 8.37. The number of nitrogens with one attached hydrogen (secondary N) is 1. The van der Waals surface area contributed by atoms with Gasteiger partial charge in [-0.05, 0) is 53.6 Å². The summed E-state index contributed by atoms with van der Waals surface area (Å²) in [4.78, 5) is 4.85. The number of anilines is 1. The van der Waals surface area contributed by atoms with Crippen molar-refractivity contribution in [2.24, 2.45) is 4.99 Å². The molecule has 0 amide bonds. The summed E-state index contributed by atoms with van der Waals surface area (Å²) in [5.41, 5.74) is 4.59. The van der Waals surface area contributed by atoms with Crippen molar-refractivity contribution in [1.29, 1.82) is 0 Å². The fraction of sp³-hybridized carbons (Fsp3) is 0.0870. The van der Waals surface area contributed by atoms with Crippen molar-refractivity contribution in [3.05, 3.63) is 98.0 Å². The van der Waals surface area contributed by atoms with Gasteiger partial charge in [-0.3, -0.25) is 4.99 Å². The summed E-state index contributed by atoms with van der Waals surface area (Å²) >= 11 is 24.9. The van der Waals surface area contributed by atoms with Crippen LogP contribution in [0.15, 0.2) is 71.7 Å². The van der Waals surface area contributed by atoms with E-state index in [0.717, 1.165) is 28.2 Å². The third-order valence-corrected chi connectivity index (χ3v) is 5.79. The Morgan fingerprint density at radius 1 is 0.828 bits per heavy atom. The quantitative estimate of drug-likeness (QED) is 0.414. The molecule has 3 aromatic rings. The molecule has 6 heteroatoms. The van der Waals surface area contributed by atoms with E-state index in [-0.39, 0.29) is 6.04 Å². The number of aliphatic imine (C=N–C) groups is 1. The van der Waals surface area contributed by atoms with Crippen molar-refractivity contribution >= 4 is 69.6 Å². The van der Waals surface area contributed by atoms with Crippen LogP contribution < -0.4 is 5.32 Å². The lowest BCUT2D eigenvalue weighted by molar-refractivity contribution is 0.830. The monoisotopic (exact) mass is 460 g/mol. The zero-order chi connectivity index (χ0) is 20.4. The molecule has 1 aliphatic rings. The van der Waals surface area contributed by atoms with Crippen LogP contribution >= 0.6 is 46.4 Å². The van der Waals surface area contributed by atoms with Crippen molar-refractivity contribution in [3.63, 3.8) is 0 Å². The number of hydrogen-bond acceptors (Lipinski definition) is 2. The van der Waals surface area contributed by atoms with Crippen molar-refractivity contribution in [2.45, 2.75) is 12.5 Å². The zero-order valence-corrected chi connectivity index (χ0v) is 18.2. The summed E-state index contributed by atoms with van der Waals surface area (Å²) in [5.74, 6) is 0. The van der Waals surface area contributed by atoms with Gasteiger partial charge in [0.15, 0.2) is 0 Å². The Kier molecular flexibility index (Phi) is 6.17. The van der Waals surface area contributed by atoms with Crippen LogP contribution in [0.5, 0.6) is 0 Å². The molecule has 0 saturated heterocycles. The van der Waals surface area contributed by atoms with Gasteiger partial charge in [0, 0.05) is 32.2 Å². The Balaban J connectivity index is 1.72. The molecule has 0 fully saturated rings. The van der Waals surface area contributed by atoms with E-state index in [1.165, 1.54) is 0 Å². The Morgan fingerprint density at radius 2 is 1.55 bits per heavy atom. The number of fused-ring (bicyclic) bond motifs is 1. The van der Waals surface area contributed by atoms with Gasteiger partial charge in [0.2, 0.25) is 0 Å². The van der Waals surface area contributed by atoms with E-state index in [2.05, 4.69) is 5.32 Å². The smallest absolute Gasteiger partial charge is 0.0864 e.